The summed E-state index contributed by atoms with van der Waals surface area (Å²) in [5.41, 5.74) is 11.8. The van der Waals surface area contributed by atoms with Gasteiger partial charge in [0.05, 0.1) is 22.1 Å². The maximum atomic E-state index is 6.44. The first-order chi connectivity index (χ1) is 25.3. The lowest BCUT2D eigenvalue weighted by Gasteiger charge is -2.10. The van der Waals surface area contributed by atoms with Gasteiger partial charge in [-0.3, -0.25) is 0 Å². The predicted octanol–water partition coefficient (Wildman–Crippen LogP) is 11.9. The van der Waals surface area contributed by atoms with Gasteiger partial charge in [0, 0.05) is 49.4 Å². The zero-order valence-electron chi connectivity index (χ0n) is 27.4. The zero-order valence-corrected chi connectivity index (χ0v) is 27.4. The molecule has 0 bridgehead atoms. The van der Waals surface area contributed by atoms with E-state index in [2.05, 4.69) is 143 Å². The maximum absolute atomic E-state index is 6.44. The standard InChI is InChI=1S/C46H28N4O/c1-3-14-29(15-4-1)43-45-44(34-20-9-12-25-41(34)51-45)48-46(47-43)35-21-13-24-40-42(35)36-28-31(26-27-39(36)49(40)30-16-5-2-6-17-30)50-37-22-10-7-18-32(37)33-19-8-11-23-38(33)50/h1-28H. The summed E-state index contributed by atoms with van der Waals surface area (Å²) in [7, 11) is 0. The summed E-state index contributed by atoms with van der Waals surface area (Å²) in [5.74, 6) is 0.660. The molecule has 0 radical (unpaired) electrons. The minimum absolute atomic E-state index is 0.660. The highest BCUT2D eigenvalue weighted by atomic mass is 16.3. The van der Waals surface area contributed by atoms with Crippen LogP contribution in [0.5, 0.6) is 0 Å². The van der Waals surface area contributed by atoms with E-state index >= 15 is 0 Å². The van der Waals surface area contributed by atoms with Gasteiger partial charge in [0.1, 0.15) is 16.8 Å². The average Bonchev–Trinajstić information content (AvgIpc) is 3.86. The second-order valence-corrected chi connectivity index (χ2v) is 13.0. The van der Waals surface area contributed by atoms with Crippen LogP contribution in [0.3, 0.4) is 0 Å². The van der Waals surface area contributed by atoms with E-state index in [4.69, 9.17) is 14.4 Å². The maximum Gasteiger partial charge on any atom is 0.180 e. The van der Waals surface area contributed by atoms with Crippen molar-refractivity contribution in [2.45, 2.75) is 0 Å². The lowest BCUT2D eigenvalue weighted by Crippen LogP contribution is -1.95. The largest absolute Gasteiger partial charge is 0.452 e. The molecule has 0 amide bonds. The molecule has 0 N–H and O–H groups in total. The fourth-order valence-corrected chi connectivity index (χ4v) is 7.94. The molecule has 5 heteroatoms. The van der Waals surface area contributed by atoms with Crippen LogP contribution in [-0.4, -0.2) is 19.1 Å². The van der Waals surface area contributed by atoms with Crippen molar-refractivity contribution in [2.75, 3.05) is 0 Å². The van der Waals surface area contributed by atoms with Gasteiger partial charge in [-0.1, -0.05) is 109 Å². The van der Waals surface area contributed by atoms with Crippen molar-refractivity contribution in [1.29, 1.82) is 0 Å². The van der Waals surface area contributed by atoms with Crippen molar-refractivity contribution in [2.24, 2.45) is 0 Å². The van der Waals surface area contributed by atoms with Gasteiger partial charge in [-0.15, -0.1) is 0 Å². The van der Waals surface area contributed by atoms with Gasteiger partial charge in [0.2, 0.25) is 0 Å². The van der Waals surface area contributed by atoms with Gasteiger partial charge in [-0.05, 0) is 60.7 Å². The third kappa shape index (κ3) is 4.09. The van der Waals surface area contributed by atoms with Crippen molar-refractivity contribution >= 4 is 65.7 Å². The van der Waals surface area contributed by atoms with Gasteiger partial charge in [0.15, 0.2) is 11.4 Å². The van der Waals surface area contributed by atoms with Crippen LogP contribution in [0.15, 0.2) is 174 Å². The van der Waals surface area contributed by atoms with E-state index in [1.807, 2.05) is 36.4 Å². The predicted molar refractivity (Wildman–Crippen MR) is 209 cm³/mol. The second-order valence-electron chi connectivity index (χ2n) is 13.0. The molecule has 4 aromatic heterocycles. The number of para-hydroxylation sites is 4. The lowest BCUT2D eigenvalue weighted by molar-refractivity contribution is 0.667. The van der Waals surface area contributed by atoms with Crippen LogP contribution in [0.4, 0.5) is 0 Å². The van der Waals surface area contributed by atoms with E-state index < -0.39 is 0 Å². The Hall–Kier alpha value is -6.98. The lowest BCUT2D eigenvalue weighted by atomic mass is 10.0. The Labute approximate surface area is 292 Å². The Kier molecular flexibility index (Phi) is 5.89. The van der Waals surface area contributed by atoms with Crippen LogP contribution in [0.1, 0.15) is 0 Å². The molecule has 0 aliphatic heterocycles. The number of furan rings is 1. The summed E-state index contributed by atoms with van der Waals surface area (Å²) in [6, 6.07) is 59.6. The van der Waals surface area contributed by atoms with Crippen LogP contribution in [0.2, 0.25) is 0 Å². The number of nitrogens with zero attached hydrogens (tertiary/aromatic N) is 4. The molecule has 11 aromatic rings. The summed E-state index contributed by atoms with van der Waals surface area (Å²) in [5, 5.41) is 5.68. The highest BCUT2D eigenvalue weighted by molar-refractivity contribution is 6.17. The molecule has 5 nitrogen and oxygen atoms in total. The Bertz CT molecular complexity index is 3080. The minimum atomic E-state index is 0.660. The van der Waals surface area contributed by atoms with E-state index in [1.165, 1.54) is 21.8 Å². The third-order valence-electron chi connectivity index (χ3n) is 10.1. The Balaban J connectivity index is 1.26. The molecule has 0 aliphatic rings. The zero-order chi connectivity index (χ0) is 33.5. The quantitative estimate of drug-likeness (QED) is 0.190. The third-order valence-corrected chi connectivity index (χ3v) is 10.1. The first-order valence-electron chi connectivity index (χ1n) is 17.2. The number of rotatable bonds is 4. The first kappa shape index (κ1) is 27.9. The molecule has 51 heavy (non-hydrogen) atoms. The number of hydrogen-bond acceptors (Lipinski definition) is 3. The summed E-state index contributed by atoms with van der Waals surface area (Å²) in [6.07, 6.45) is 0. The van der Waals surface area contributed by atoms with E-state index in [0.29, 0.717) is 11.4 Å². The van der Waals surface area contributed by atoms with Gasteiger partial charge < -0.3 is 13.6 Å². The monoisotopic (exact) mass is 652 g/mol. The second kappa shape index (κ2) is 10.8. The molecule has 0 unspecified atom stereocenters. The Morgan fingerprint density at radius 1 is 0.431 bits per heavy atom. The number of aromatic nitrogens is 4. The number of fused-ring (bicyclic) bond motifs is 9. The van der Waals surface area contributed by atoms with Crippen LogP contribution in [-0.2, 0) is 0 Å². The Morgan fingerprint density at radius 3 is 1.80 bits per heavy atom. The first-order valence-corrected chi connectivity index (χ1v) is 17.2. The van der Waals surface area contributed by atoms with Crippen LogP contribution >= 0.6 is 0 Å². The fraction of sp³-hybridized carbons (Fsp3) is 0. The number of hydrogen-bond donors (Lipinski definition) is 0. The number of benzene rings is 7. The van der Waals surface area contributed by atoms with Crippen LogP contribution in [0, 0.1) is 0 Å². The SMILES string of the molecule is c1ccc(-c2nc(-c3cccc4c3c3cc(-n5c6ccccc6c6ccccc65)ccc3n4-c3ccccc3)nc3c2oc2ccccc23)cc1. The van der Waals surface area contributed by atoms with Gasteiger partial charge in [-0.2, -0.15) is 0 Å². The van der Waals surface area contributed by atoms with Crippen molar-refractivity contribution in [3.05, 3.63) is 170 Å². The molecule has 238 valence electrons. The van der Waals surface area contributed by atoms with Crippen molar-refractivity contribution < 1.29 is 4.42 Å². The van der Waals surface area contributed by atoms with Crippen molar-refractivity contribution in [1.82, 2.24) is 19.1 Å². The van der Waals surface area contributed by atoms with E-state index in [-0.39, 0.29) is 0 Å². The van der Waals surface area contributed by atoms with Crippen molar-refractivity contribution in [3.8, 4) is 34.0 Å². The summed E-state index contributed by atoms with van der Waals surface area (Å²) in [4.78, 5) is 10.6. The molecule has 7 aromatic carbocycles. The average molecular weight is 653 g/mol. The van der Waals surface area contributed by atoms with Gasteiger partial charge in [-0.25, -0.2) is 9.97 Å². The van der Waals surface area contributed by atoms with Gasteiger partial charge >= 0.3 is 0 Å². The molecule has 11 rings (SSSR count). The Morgan fingerprint density at radius 2 is 1.04 bits per heavy atom. The van der Waals surface area contributed by atoms with Gasteiger partial charge in [0.25, 0.3) is 0 Å². The molecule has 0 saturated heterocycles. The molecule has 0 spiro atoms. The van der Waals surface area contributed by atoms with Crippen LogP contribution < -0.4 is 0 Å². The molecular formula is C46H28N4O. The molecule has 0 saturated carbocycles. The summed E-state index contributed by atoms with van der Waals surface area (Å²) < 4.78 is 11.2. The summed E-state index contributed by atoms with van der Waals surface area (Å²) in [6.45, 7) is 0. The van der Waals surface area contributed by atoms with E-state index in [9.17, 15) is 0 Å². The fourth-order valence-electron chi connectivity index (χ4n) is 7.94. The molecule has 0 atom stereocenters. The normalized spacial score (nSPS) is 11.9. The highest BCUT2D eigenvalue weighted by Crippen LogP contribution is 2.42. The molecule has 0 fully saturated rings. The minimum Gasteiger partial charge on any atom is -0.452 e. The molecule has 0 aliphatic carbocycles. The molecule has 4 heterocycles. The topological polar surface area (TPSA) is 48.8 Å². The molecular weight excluding hydrogens is 625 g/mol. The van der Waals surface area contributed by atoms with Crippen molar-refractivity contribution in [3.63, 3.8) is 0 Å². The highest BCUT2D eigenvalue weighted by Gasteiger charge is 2.22. The van der Waals surface area contributed by atoms with Crippen LogP contribution in [0.25, 0.3) is 99.7 Å². The summed E-state index contributed by atoms with van der Waals surface area (Å²) >= 11 is 0. The van der Waals surface area contributed by atoms with E-state index in [1.54, 1.807) is 0 Å². The smallest absolute Gasteiger partial charge is 0.180 e. The van der Waals surface area contributed by atoms with E-state index in [0.717, 1.165) is 66.5 Å².